The fourth-order valence-corrected chi connectivity index (χ4v) is 3.53. The van der Waals surface area contributed by atoms with Gasteiger partial charge in [0.05, 0.1) is 19.6 Å². The minimum Gasteiger partial charge on any atom is -0.497 e. The molecule has 0 saturated carbocycles. The summed E-state index contributed by atoms with van der Waals surface area (Å²) in [4.78, 5) is 14.8. The van der Waals surface area contributed by atoms with Crippen molar-refractivity contribution in [3.05, 3.63) is 65.7 Å². The lowest BCUT2D eigenvalue weighted by Gasteiger charge is -2.17. The monoisotopic (exact) mass is 339 g/mol. The lowest BCUT2D eigenvalue weighted by Crippen LogP contribution is -2.25. The van der Waals surface area contributed by atoms with Crippen molar-refractivity contribution < 1.29 is 14.3 Å². The highest BCUT2D eigenvalue weighted by molar-refractivity contribution is 5.74. The van der Waals surface area contributed by atoms with Crippen molar-refractivity contribution >= 4 is 5.97 Å². The third kappa shape index (κ3) is 4.20. The summed E-state index contributed by atoms with van der Waals surface area (Å²) in [5.74, 6) is 0.750. The highest BCUT2D eigenvalue weighted by Gasteiger charge is 2.39. The summed E-state index contributed by atoms with van der Waals surface area (Å²) in [6, 6.07) is 18.4. The molecule has 0 spiro atoms. The largest absolute Gasteiger partial charge is 0.497 e. The van der Waals surface area contributed by atoms with Crippen LogP contribution in [0.4, 0.5) is 0 Å². The van der Waals surface area contributed by atoms with Crippen LogP contribution in [0.25, 0.3) is 0 Å². The molecule has 0 unspecified atom stereocenters. The summed E-state index contributed by atoms with van der Waals surface area (Å²) in [5.41, 5.74) is 2.43. The Morgan fingerprint density at radius 1 is 1.08 bits per heavy atom. The van der Waals surface area contributed by atoms with E-state index in [4.69, 9.17) is 9.47 Å². The van der Waals surface area contributed by atoms with Gasteiger partial charge in [-0.15, -0.1) is 0 Å². The first kappa shape index (κ1) is 17.5. The van der Waals surface area contributed by atoms with Crippen LogP contribution in [0.3, 0.4) is 0 Å². The molecule has 0 aromatic heterocycles. The number of hydrogen-bond donors (Lipinski definition) is 0. The van der Waals surface area contributed by atoms with E-state index in [0.717, 1.165) is 30.9 Å². The van der Waals surface area contributed by atoms with Gasteiger partial charge in [-0.25, -0.2) is 0 Å². The van der Waals surface area contributed by atoms with Crippen LogP contribution in [-0.4, -0.2) is 37.7 Å². The van der Waals surface area contributed by atoms with Gasteiger partial charge in [-0.05, 0) is 30.2 Å². The molecule has 2 atom stereocenters. The Kier molecular flexibility index (Phi) is 5.71. The van der Waals surface area contributed by atoms with E-state index in [1.807, 2.05) is 25.1 Å². The Bertz CT molecular complexity index is 684. The van der Waals surface area contributed by atoms with Crippen molar-refractivity contribution in [2.45, 2.75) is 19.4 Å². The van der Waals surface area contributed by atoms with E-state index in [0.29, 0.717) is 6.61 Å². The quantitative estimate of drug-likeness (QED) is 0.756. The standard InChI is InChI=1S/C21H25NO3/c1-3-25-21(23)20-15-22(13-16-7-5-4-6-8-16)14-19(20)17-9-11-18(24-2)12-10-17/h4-12,19-20H,3,13-15H2,1-2H3/t19-,20+/m1/s1. The fraction of sp³-hybridized carbons (Fsp3) is 0.381. The van der Waals surface area contributed by atoms with E-state index in [9.17, 15) is 4.79 Å². The number of benzene rings is 2. The predicted octanol–water partition coefficient (Wildman–Crippen LogP) is 3.47. The van der Waals surface area contributed by atoms with Gasteiger partial charge in [-0.3, -0.25) is 9.69 Å². The number of nitrogens with zero attached hydrogens (tertiary/aromatic N) is 1. The molecule has 0 amide bonds. The second kappa shape index (κ2) is 8.17. The molecule has 4 heteroatoms. The number of likely N-dealkylation sites (tertiary alicyclic amines) is 1. The van der Waals surface area contributed by atoms with Crippen LogP contribution in [0.15, 0.2) is 54.6 Å². The summed E-state index contributed by atoms with van der Waals surface area (Å²) in [6.07, 6.45) is 0. The maximum Gasteiger partial charge on any atom is 0.310 e. The molecule has 4 nitrogen and oxygen atoms in total. The molecule has 1 aliphatic rings. The molecular formula is C21H25NO3. The first-order chi connectivity index (χ1) is 12.2. The summed E-state index contributed by atoms with van der Waals surface area (Å²) < 4.78 is 10.6. The van der Waals surface area contributed by atoms with E-state index in [2.05, 4.69) is 41.3 Å². The minimum atomic E-state index is -0.128. The van der Waals surface area contributed by atoms with Gasteiger partial charge < -0.3 is 9.47 Å². The van der Waals surface area contributed by atoms with E-state index >= 15 is 0 Å². The lowest BCUT2D eigenvalue weighted by atomic mass is 9.89. The molecule has 1 saturated heterocycles. The molecule has 25 heavy (non-hydrogen) atoms. The van der Waals surface area contributed by atoms with Gasteiger partial charge in [-0.1, -0.05) is 42.5 Å². The Hall–Kier alpha value is -2.33. The molecule has 0 N–H and O–H groups in total. The molecule has 0 aliphatic carbocycles. The molecule has 132 valence electrons. The lowest BCUT2D eigenvalue weighted by molar-refractivity contribution is -0.148. The summed E-state index contributed by atoms with van der Waals surface area (Å²) in [7, 11) is 1.66. The van der Waals surface area contributed by atoms with E-state index in [-0.39, 0.29) is 17.8 Å². The maximum atomic E-state index is 12.5. The zero-order valence-electron chi connectivity index (χ0n) is 14.9. The molecule has 0 radical (unpaired) electrons. The third-order valence-corrected chi connectivity index (χ3v) is 4.78. The van der Waals surface area contributed by atoms with Gasteiger partial charge in [0.2, 0.25) is 0 Å². The van der Waals surface area contributed by atoms with Crippen LogP contribution in [0, 0.1) is 5.92 Å². The molecule has 1 aliphatic heterocycles. The first-order valence-electron chi connectivity index (χ1n) is 8.78. The minimum absolute atomic E-state index is 0.0983. The zero-order valence-corrected chi connectivity index (χ0v) is 14.9. The van der Waals surface area contributed by atoms with Gasteiger partial charge in [-0.2, -0.15) is 0 Å². The number of ether oxygens (including phenoxy) is 2. The summed E-state index contributed by atoms with van der Waals surface area (Å²) >= 11 is 0. The Morgan fingerprint density at radius 2 is 1.80 bits per heavy atom. The SMILES string of the molecule is CCOC(=O)[C@H]1CN(Cc2ccccc2)C[C@@H]1c1ccc(OC)cc1. The van der Waals surface area contributed by atoms with Crippen LogP contribution >= 0.6 is 0 Å². The van der Waals surface area contributed by atoms with Gasteiger partial charge in [0.15, 0.2) is 0 Å². The third-order valence-electron chi connectivity index (χ3n) is 4.78. The molecular weight excluding hydrogens is 314 g/mol. The fourth-order valence-electron chi connectivity index (χ4n) is 3.53. The Labute approximate surface area is 149 Å². The average Bonchev–Trinajstić information content (AvgIpc) is 3.07. The van der Waals surface area contributed by atoms with Crippen LogP contribution in [0.2, 0.25) is 0 Å². The Morgan fingerprint density at radius 3 is 2.44 bits per heavy atom. The van der Waals surface area contributed by atoms with Gasteiger partial charge >= 0.3 is 5.97 Å². The molecule has 1 heterocycles. The smallest absolute Gasteiger partial charge is 0.310 e. The van der Waals surface area contributed by atoms with Crippen molar-refractivity contribution in [3.8, 4) is 5.75 Å². The molecule has 3 rings (SSSR count). The highest BCUT2D eigenvalue weighted by atomic mass is 16.5. The number of rotatable bonds is 6. The van der Waals surface area contributed by atoms with Crippen molar-refractivity contribution in [1.29, 1.82) is 0 Å². The van der Waals surface area contributed by atoms with E-state index < -0.39 is 0 Å². The van der Waals surface area contributed by atoms with E-state index in [1.165, 1.54) is 5.56 Å². The number of methoxy groups -OCH3 is 1. The van der Waals surface area contributed by atoms with Crippen LogP contribution in [0.5, 0.6) is 5.75 Å². The maximum absolute atomic E-state index is 12.5. The molecule has 2 aromatic rings. The van der Waals surface area contributed by atoms with Gasteiger partial charge in [0, 0.05) is 25.6 Å². The predicted molar refractivity (Wildman–Crippen MR) is 97.6 cm³/mol. The summed E-state index contributed by atoms with van der Waals surface area (Å²) in [6.45, 7) is 4.71. The van der Waals surface area contributed by atoms with Gasteiger partial charge in [0.1, 0.15) is 5.75 Å². The highest BCUT2D eigenvalue weighted by Crippen LogP contribution is 2.35. The zero-order chi connectivity index (χ0) is 17.6. The van der Waals surface area contributed by atoms with E-state index in [1.54, 1.807) is 7.11 Å². The van der Waals surface area contributed by atoms with Crippen molar-refractivity contribution in [3.63, 3.8) is 0 Å². The number of carbonyl (C=O) groups is 1. The Balaban J connectivity index is 1.78. The topological polar surface area (TPSA) is 38.8 Å². The number of esters is 1. The molecule has 0 bridgehead atoms. The average molecular weight is 339 g/mol. The van der Waals surface area contributed by atoms with Crippen molar-refractivity contribution in [1.82, 2.24) is 4.90 Å². The normalized spacial score (nSPS) is 20.4. The second-order valence-corrected chi connectivity index (χ2v) is 6.42. The number of carbonyl (C=O) groups excluding carboxylic acids is 1. The van der Waals surface area contributed by atoms with Crippen LogP contribution in [-0.2, 0) is 16.1 Å². The second-order valence-electron chi connectivity index (χ2n) is 6.42. The van der Waals surface area contributed by atoms with Crippen LogP contribution in [0.1, 0.15) is 24.0 Å². The van der Waals surface area contributed by atoms with Gasteiger partial charge in [0.25, 0.3) is 0 Å². The number of hydrogen-bond acceptors (Lipinski definition) is 4. The summed E-state index contributed by atoms with van der Waals surface area (Å²) in [5, 5.41) is 0. The molecule has 2 aromatic carbocycles. The van der Waals surface area contributed by atoms with Crippen molar-refractivity contribution in [2.24, 2.45) is 5.92 Å². The van der Waals surface area contributed by atoms with Crippen molar-refractivity contribution in [2.75, 3.05) is 26.8 Å². The molecule has 1 fully saturated rings. The first-order valence-corrected chi connectivity index (χ1v) is 8.78. The van der Waals surface area contributed by atoms with Crippen LogP contribution < -0.4 is 4.74 Å².